The second-order valence-electron chi connectivity index (χ2n) is 7.98. The number of likely N-dealkylation sites (N-methyl/N-ethyl adjacent to an activating group) is 1. The summed E-state index contributed by atoms with van der Waals surface area (Å²) < 4.78 is 6.83. The summed E-state index contributed by atoms with van der Waals surface area (Å²) in [4.78, 5) is 28.9. The summed E-state index contributed by atoms with van der Waals surface area (Å²) in [7, 11) is 2.07. The largest absolute Gasteiger partial charge is 0.394 e. The lowest BCUT2D eigenvalue weighted by Gasteiger charge is -2.15. The highest BCUT2D eigenvalue weighted by Crippen LogP contribution is 2.27. The topological polar surface area (TPSA) is 108 Å². The number of nitrogens with zero attached hydrogens (tertiary/aromatic N) is 2. The highest BCUT2D eigenvalue weighted by molar-refractivity contribution is 5.14. The number of hydrogen-bond acceptors (Lipinski definition) is 6. The first kappa shape index (κ1) is 23.1. The quantitative estimate of drug-likeness (QED) is 0.387. The molecule has 0 spiro atoms. The molecule has 8 nitrogen and oxygen atoms in total. The average Bonchev–Trinajstić information content (AvgIpc) is 3.13. The van der Waals surface area contributed by atoms with Gasteiger partial charge in [0.2, 0.25) is 0 Å². The molecule has 0 unspecified atom stereocenters. The van der Waals surface area contributed by atoms with Gasteiger partial charge in [-0.2, -0.15) is 0 Å². The summed E-state index contributed by atoms with van der Waals surface area (Å²) in [6.45, 7) is 1.40. The molecule has 8 heteroatoms. The molecule has 3 N–H and O–H groups in total. The van der Waals surface area contributed by atoms with Crippen molar-refractivity contribution in [3.05, 3.63) is 80.6 Å². The number of aromatic nitrogens is 2. The van der Waals surface area contributed by atoms with Crippen molar-refractivity contribution < 1.29 is 14.9 Å². The van der Waals surface area contributed by atoms with E-state index in [0.717, 1.165) is 25.9 Å². The van der Waals surface area contributed by atoms with E-state index < -0.39 is 29.7 Å². The zero-order chi connectivity index (χ0) is 22.2. The molecule has 31 heavy (non-hydrogen) atoms. The third-order valence-electron chi connectivity index (χ3n) is 5.43. The lowest BCUT2D eigenvalue weighted by atomic mass is 10.1. The van der Waals surface area contributed by atoms with Crippen molar-refractivity contribution in [2.45, 2.75) is 50.7 Å². The Morgan fingerprint density at radius 3 is 2.74 bits per heavy atom. The van der Waals surface area contributed by atoms with E-state index in [4.69, 9.17) is 4.74 Å². The second-order valence-corrected chi connectivity index (χ2v) is 7.98. The molecular formula is C23H31N3O5. The van der Waals surface area contributed by atoms with E-state index in [2.05, 4.69) is 41.2 Å². The maximum Gasteiger partial charge on any atom is 0.330 e. The Hall–Kier alpha value is -2.52. The molecule has 0 amide bonds. The smallest absolute Gasteiger partial charge is 0.330 e. The van der Waals surface area contributed by atoms with Crippen molar-refractivity contribution in [1.29, 1.82) is 0 Å². The standard InChI is InChI=1S/C23H31N3O5/c1-25(14-17-9-5-4-6-10-17)12-8-3-2-7-11-18-15-26(23(30)24-22(18)29)21-13-19(28)20(16-27)31-21/h3-6,8-10,15,19-21,27-28H,2,7,11-14,16H2,1H3,(H,24,29,30)/b8-3+/t19-,20+,21+/m0/s1. The Bertz CT molecular complexity index is 969. The molecule has 2 aromatic rings. The fourth-order valence-corrected chi connectivity index (χ4v) is 3.71. The summed E-state index contributed by atoms with van der Waals surface area (Å²) >= 11 is 0. The molecule has 2 heterocycles. The number of unbranched alkanes of at least 4 members (excludes halogenated alkanes) is 1. The van der Waals surface area contributed by atoms with E-state index >= 15 is 0 Å². The lowest BCUT2D eigenvalue weighted by molar-refractivity contribution is -0.0460. The van der Waals surface area contributed by atoms with Crippen molar-refractivity contribution in [2.24, 2.45) is 0 Å². The van der Waals surface area contributed by atoms with Crippen LogP contribution < -0.4 is 11.2 Å². The number of aliphatic hydroxyl groups is 2. The van der Waals surface area contributed by atoms with Gasteiger partial charge in [-0.15, -0.1) is 0 Å². The van der Waals surface area contributed by atoms with Gasteiger partial charge in [-0.05, 0) is 31.9 Å². The average molecular weight is 430 g/mol. The Morgan fingerprint density at radius 1 is 1.26 bits per heavy atom. The Labute approximate surface area is 181 Å². The molecule has 0 aliphatic carbocycles. The summed E-state index contributed by atoms with van der Waals surface area (Å²) in [6.07, 6.45) is 5.78. The number of allylic oxidation sites excluding steroid dienone is 1. The molecule has 3 atom stereocenters. The number of aromatic amines is 1. The maximum absolute atomic E-state index is 12.2. The fraction of sp³-hybridized carbons (Fsp3) is 0.478. The second kappa shape index (κ2) is 11.2. The SMILES string of the molecule is CN(C/C=C/CCCc1cn([C@H]2C[C@H](O)[C@@H](CO)O2)c(=O)[nH]c1=O)Cc1ccccc1. The van der Waals surface area contributed by atoms with E-state index in [9.17, 15) is 19.8 Å². The van der Waals surface area contributed by atoms with Crippen molar-refractivity contribution >= 4 is 0 Å². The van der Waals surface area contributed by atoms with E-state index in [1.807, 2.05) is 18.2 Å². The van der Waals surface area contributed by atoms with Crippen LogP contribution in [-0.4, -0.2) is 57.1 Å². The van der Waals surface area contributed by atoms with Crippen molar-refractivity contribution in [3.63, 3.8) is 0 Å². The number of aryl methyl sites for hydroxylation is 1. The minimum Gasteiger partial charge on any atom is -0.394 e. The molecule has 1 saturated heterocycles. The summed E-state index contributed by atoms with van der Waals surface area (Å²) in [5, 5.41) is 19.1. The first-order valence-corrected chi connectivity index (χ1v) is 10.6. The number of nitrogens with one attached hydrogen (secondary N) is 1. The molecule has 1 aliphatic heterocycles. The van der Waals surface area contributed by atoms with Crippen LogP contribution in [0.2, 0.25) is 0 Å². The Kier molecular flexibility index (Phi) is 8.36. The molecule has 1 aromatic carbocycles. The van der Waals surface area contributed by atoms with Gasteiger partial charge in [-0.1, -0.05) is 42.5 Å². The van der Waals surface area contributed by atoms with Crippen LogP contribution in [0.3, 0.4) is 0 Å². The van der Waals surface area contributed by atoms with Crippen LogP contribution in [0.15, 0.2) is 58.3 Å². The maximum atomic E-state index is 12.2. The normalized spacial score (nSPS) is 21.4. The number of hydrogen-bond donors (Lipinski definition) is 3. The zero-order valence-electron chi connectivity index (χ0n) is 17.8. The summed E-state index contributed by atoms with van der Waals surface area (Å²) in [6, 6.07) is 10.3. The van der Waals surface area contributed by atoms with Crippen LogP contribution in [-0.2, 0) is 17.7 Å². The predicted octanol–water partition coefficient (Wildman–Crippen LogP) is 1.19. The van der Waals surface area contributed by atoms with Crippen LogP contribution in [0.1, 0.15) is 36.6 Å². The van der Waals surface area contributed by atoms with Gasteiger partial charge in [0, 0.05) is 31.3 Å². The van der Waals surface area contributed by atoms with Gasteiger partial charge in [-0.25, -0.2) is 4.79 Å². The molecule has 1 aliphatic rings. The minimum atomic E-state index is -0.845. The number of ether oxygens (including phenoxy) is 1. The third kappa shape index (κ3) is 6.48. The van der Waals surface area contributed by atoms with E-state index in [1.54, 1.807) is 0 Å². The molecule has 1 fully saturated rings. The van der Waals surface area contributed by atoms with Gasteiger partial charge < -0.3 is 14.9 Å². The molecule has 0 saturated carbocycles. The van der Waals surface area contributed by atoms with E-state index in [1.165, 1.54) is 16.3 Å². The summed E-state index contributed by atoms with van der Waals surface area (Å²) in [5.74, 6) is 0. The highest BCUT2D eigenvalue weighted by Gasteiger charge is 2.35. The minimum absolute atomic E-state index is 0.190. The van der Waals surface area contributed by atoms with Crippen LogP contribution in [0, 0.1) is 0 Å². The highest BCUT2D eigenvalue weighted by atomic mass is 16.5. The fourth-order valence-electron chi connectivity index (χ4n) is 3.71. The van der Waals surface area contributed by atoms with Crippen LogP contribution in [0.25, 0.3) is 0 Å². The third-order valence-corrected chi connectivity index (χ3v) is 5.43. The Morgan fingerprint density at radius 2 is 2.03 bits per heavy atom. The van der Waals surface area contributed by atoms with Crippen molar-refractivity contribution in [2.75, 3.05) is 20.2 Å². The van der Waals surface area contributed by atoms with Gasteiger partial charge in [0.05, 0.1) is 12.7 Å². The molecule has 0 bridgehead atoms. The summed E-state index contributed by atoms with van der Waals surface area (Å²) in [5.41, 5.74) is 0.799. The van der Waals surface area contributed by atoms with Gasteiger partial charge in [0.15, 0.2) is 0 Å². The molecule has 0 radical (unpaired) electrons. The molecule has 1 aromatic heterocycles. The van der Waals surface area contributed by atoms with Gasteiger partial charge in [0.25, 0.3) is 5.56 Å². The zero-order valence-corrected chi connectivity index (χ0v) is 17.8. The predicted molar refractivity (Wildman–Crippen MR) is 118 cm³/mol. The van der Waals surface area contributed by atoms with Gasteiger partial charge in [-0.3, -0.25) is 19.2 Å². The van der Waals surface area contributed by atoms with E-state index in [-0.39, 0.29) is 13.0 Å². The van der Waals surface area contributed by atoms with Crippen LogP contribution in [0.5, 0.6) is 0 Å². The number of aliphatic hydroxyl groups excluding tert-OH is 2. The number of H-pyrrole nitrogens is 1. The molecular weight excluding hydrogens is 398 g/mol. The molecule has 168 valence electrons. The lowest BCUT2D eigenvalue weighted by Crippen LogP contribution is -2.34. The molecule has 3 rings (SSSR count). The first-order chi connectivity index (χ1) is 15.0. The van der Waals surface area contributed by atoms with Crippen LogP contribution >= 0.6 is 0 Å². The number of benzene rings is 1. The first-order valence-electron chi connectivity index (χ1n) is 10.6. The van der Waals surface area contributed by atoms with Crippen molar-refractivity contribution in [1.82, 2.24) is 14.5 Å². The van der Waals surface area contributed by atoms with Crippen LogP contribution in [0.4, 0.5) is 0 Å². The van der Waals surface area contributed by atoms with Gasteiger partial charge in [0.1, 0.15) is 12.3 Å². The monoisotopic (exact) mass is 429 g/mol. The Balaban J connectivity index is 1.48. The van der Waals surface area contributed by atoms with Gasteiger partial charge >= 0.3 is 5.69 Å². The van der Waals surface area contributed by atoms with Crippen molar-refractivity contribution in [3.8, 4) is 0 Å². The van der Waals surface area contributed by atoms with E-state index in [0.29, 0.717) is 12.0 Å². The number of rotatable bonds is 10.